The fourth-order valence-corrected chi connectivity index (χ4v) is 4.21. The molecule has 0 spiro atoms. The molecule has 9 nitrogen and oxygen atoms in total. The maximum atomic E-state index is 11.9. The topological polar surface area (TPSA) is 118 Å². The van der Waals surface area contributed by atoms with Crippen LogP contribution in [0, 0.1) is 10.1 Å². The van der Waals surface area contributed by atoms with Gasteiger partial charge < -0.3 is 10.2 Å². The van der Waals surface area contributed by atoms with Gasteiger partial charge in [-0.2, -0.15) is 0 Å². The van der Waals surface area contributed by atoms with E-state index in [-0.39, 0.29) is 10.9 Å². The van der Waals surface area contributed by atoms with Gasteiger partial charge in [-0.1, -0.05) is 6.92 Å². The second kappa shape index (κ2) is 8.09. The van der Waals surface area contributed by atoms with Gasteiger partial charge in [0.05, 0.1) is 4.92 Å². The van der Waals surface area contributed by atoms with Crippen LogP contribution in [0.1, 0.15) is 25.5 Å². The Morgan fingerprint density at radius 3 is 2.79 bits per heavy atom. The summed E-state index contributed by atoms with van der Waals surface area (Å²) >= 11 is 0. The number of piperidine rings is 1. The van der Waals surface area contributed by atoms with E-state index in [0.29, 0.717) is 12.2 Å². The van der Waals surface area contributed by atoms with Crippen LogP contribution in [0.5, 0.6) is 0 Å². The van der Waals surface area contributed by atoms with Gasteiger partial charge in [0.1, 0.15) is 17.0 Å². The van der Waals surface area contributed by atoms with E-state index in [1.807, 2.05) is 13.0 Å². The van der Waals surface area contributed by atoms with Gasteiger partial charge in [-0.3, -0.25) is 10.1 Å². The quantitative estimate of drug-likeness (QED) is 0.575. The largest absolute Gasteiger partial charge is 0.380 e. The van der Waals surface area contributed by atoms with Gasteiger partial charge in [-0.25, -0.2) is 18.4 Å². The number of nitro groups is 1. The SMILES string of the molecule is CCc1cc(N2CCCC(Nc3ccc([N+](=O)[O-])c(S(C)(=O)=O)c3)C2)ncn1. The van der Waals surface area contributed by atoms with Crippen molar-refractivity contribution in [2.75, 3.05) is 29.6 Å². The molecule has 0 aliphatic carbocycles. The first-order valence-corrected chi connectivity index (χ1v) is 11.0. The summed E-state index contributed by atoms with van der Waals surface area (Å²) in [6.45, 7) is 3.62. The van der Waals surface area contributed by atoms with Crippen LogP contribution in [0.2, 0.25) is 0 Å². The number of aromatic nitrogens is 2. The van der Waals surface area contributed by atoms with Gasteiger partial charge in [0, 0.05) is 48.9 Å². The van der Waals surface area contributed by atoms with Crippen LogP contribution < -0.4 is 10.2 Å². The number of hydrogen-bond donors (Lipinski definition) is 1. The Hall–Kier alpha value is -2.75. The highest BCUT2D eigenvalue weighted by atomic mass is 32.2. The van der Waals surface area contributed by atoms with Crippen molar-refractivity contribution in [3.63, 3.8) is 0 Å². The number of sulfone groups is 1. The van der Waals surface area contributed by atoms with Crippen LogP contribution in [0.15, 0.2) is 35.5 Å². The Labute approximate surface area is 163 Å². The first-order chi connectivity index (χ1) is 13.3. The lowest BCUT2D eigenvalue weighted by molar-refractivity contribution is -0.387. The van der Waals surface area contributed by atoms with Crippen molar-refractivity contribution < 1.29 is 13.3 Å². The predicted molar refractivity (Wildman–Crippen MR) is 106 cm³/mol. The molecule has 2 aromatic rings. The Kier molecular flexibility index (Phi) is 5.78. The average Bonchev–Trinajstić information content (AvgIpc) is 2.67. The number of nitro benzene ring substituents is 1. The molecule has 0 amide bonds. The number of benzene rings is 1. The number of nitrogens with one attached hydrogen (secondary N) is 1. The zero-order valence-corrected chi connectivity index (χ0v) is 16.6. The van der Waals surface area contributed by atoms with E-state index in [0.717, 1.165) is 43.6 Å². The van der Waals surface area contributed by atoms with Crippen molar-refractivity contribution in [3.05, 3.63) is 46.4 Å². The molecule has 28 heavy (non-hydrogen) atoms. The number of rotatable bonds is 6. The molecule has 150 valence electrons. The lowest BCUT2D eigenvalue weighted by Gasteiger charge is -2.34. The molecule has 1 saturated heterocycles. The van der Waals surface area contributed by atoms with Gasteiger partial charge in [0.25, 0.3) is 5.69 Å². The summed E-state index contributed by atoms with van der Waals surface area (Å²) in [6.07, 6.45) is 5.24. The molecule has 1 atom stereocenters. The molecule has 1 aliphatic rings. The molecule has 1 aromatic carbocycles. The Morgan fingerprint density at radius 1 is 1.32 bits per heavy atom. The monoisotopic (exact) mass is 405 g/mol. The van der Waals surface area contributed by atoms with Crippen LogP contribution in [-0.2, 0) is 16.3 Å². The van der Waals surface area contributed by atoms with Gasteiger partial charge in [-0.05, 0) is 31.4 Å². The molecule has 2 heterocycles. The number of aryl methyl sites for hydroxylation is 1. The summed E-state index contributed by atoms with van der Waals surface area (Å²) in [7, 11) is -3.71. The van der Waals surface area contributed by atoms with Crippen LogP contribution >= 0.6 is 0 Å². The molecule has 1 unspecified atom stereocenters. The lowest BCUT2D eigenvalue weighted by atomic mass is 10.1. The lowest BCUT2D eigenvalue weighted by Crippen LogP contribution is -2.42. The summed E-state index contributed by atoms with van der Waals surface area (Å²) in [5, 5.41) is 14.4. The minimum atomic E-state index is -3.71. The highest BCUT2D eigenvalue weighted by molar-refractivity contribution is 7.90. The molecular weight excluding hydrogens is 382 g/mol. The second-order valence-corrected chi connectivity index (χ2v) is 8.85. The van der Waals surface area contributed by atoms with E-state index in [1.54, 1.807) is 12.4 Å². The zero-order chi connectivity index (χ0) is 20.3. The number of anilines is 2. The van der Waals surface area contributed by atoms with Crippen LogP contribution in [-0.4, -0.2) is 48.7 Å². The standard InChI is InChI=1S/C18H23N5O4S/c1-3-13-10-18(20-12-19-13)22-8-4-5-15(11-22)21-14-6-7-16(23(24)25)17(9-14)28(2,26)27/h6-7,9-10,12,15,21H,3-5,8,11H2,1-2H3. The Bertz CT molecular complexity index is 980. The molecule has 1 aliphatic heterocycles. The van der Waals surface area contributed by atoms with Crippen molar-refractivity contribution in [1.29, 1.82) is 0 Å². The third-order valence-corrected chi connectivity index (χ3v) is 5.87. The third-order valence-electron chi connectivity index (χ3n) is 4.74. The maximum Gasteiger partial charge on any atom is 0.288 e. The summed E-state index contributed by atoms with van der Waals surface area (Å²) in [6, 6.07) is 6.17. The van der Waals surface area contributed by atoms with Gasteiger partial charge in [0.15, 0.2) is 9.84 Å². The number of nitrogens with zero attached hydrogens (tertiary/aromatic N) is 4. The molecule has 1 fully saturated rings. The number of hydrogen-bond acceptors (Lipinski definition) is 8. The second-order valence-electron chi connectivity index (χ2n) is 6.86. The summed E-state index contributed by atoms with van der Waals surface area (Å²) in [5.74, 6) is 0.874. The van der Waals surface area contributed by atoms with Crippen LogP contribution in [0.25, 0.3) is 0 Å². The molecule has 0 bridgehead atoms. The van der Waals surface area contributed by atoms with E-state index < -0.39 is 20.4 Å². The molecule has 1 aromatic heterocycles. The van der Waals surface area contributed by atoms with Crippen molar-refractivity contribution >= 4 is 27.0 Å². The zero-order valence-electron chi connectivity index (χ0n) is 15.8. The van der Waals surface area contributed by atoms with Gasteiger partial charge in [-0.15, -0.1) is 0 Å². The minimum absolute atomic E-state index is 0.0719. The Morgan fingerprint density at radius 2 is 2.11 bits per heavy atom. The van der Waals surface area contributed by atoms with E-state index in [2.05, 4.69) is 20.2 Å². The fourth-order valence-electron chi connectivity index (χ4n) is 3.34. The van der Waals surface area contributed by atoms with E-state index >= 15 is 0 Å². The normalized spacial score (nSPS) is 17.4. The average molecular weight is 405 g/mol. The van der Waals surface area contributed by atoms with Crippen LogP contribution in [0.3, 0.4) is 0 Å². The summed E-state index contributed by atoms with van der Waals surface area (Å²) in [4.78, 5) is 20.9. The maximum absolute atomic E-state index is 11.9. The summed E-state index contributed by atoms with van der Waals surface area (Å²) in [5.41, 5.74) is 1.12. The summed E-state index contributed by atoms with van der Waals surface area (Å²) < 4.78 is 23.9. The predicted octanol–water partition coefficient (Wildman–Crippen LogP) is 2.43. The molecular formula is C18H23N5O4S. The van der Waals surface area contributed by atoms with Crippen molar-refractivity contribution in [2.24, 2.45) is 0 Å². The van der Waals surface area contributed by atoms with Crippen molar-refractivity contribution in [1.82, 2.24) is 9.97 Å². The first-order valence-electron chi connectivity index (χ1n) is 9.09. The highest BCUT2D eigenvalue weighted by Gasteiger charge is 2.25. The molecule has 1 N–H and O–H groups in total. The smallest absolute Gasteiger partial charge is 0.288 e. The Balaban J connectivity index is 1.79. The molecule has 0 saturated carbocycles. The van der Waals surface area contributed by atoms with Crippen molar-refractivity contribution in [3.8, 4) is 0 Å². The molecule has 10 heteroatoms. The highest BCUT2D eigenvalue weighted by Crippen LogP contribution is 2.28. The molecule has 3 rings (SSSR count). The van der Waals surface area contributed by atoms with E-state index in [9.17, 15) is 18.5 Å². The molecule has 0 radical (unpaired) electrons. The van der Waals surface area contributed by atoms with E-state index in [4.69, 9.17) is 0 Å². The minimum Gasteiger partial charge on any atom is -0.380 e. The van der Waals surface area contributed by atoms with Gasteiger partial charge in [0.2, 0.25) is 0 Å². The van der Waals surface area contributed by atoms with E-state index in [1.165, 1.54) is 12.1 Å². The third kappa shape index (κ3) is 4.56. The first kappa shape index (κ1) is 20.0. The van der Waals surface area contributed by atoms with Gasteiger partial charge >= 0.3 is 0 Å². The van der Waals surface area contributed by atoms with Crippen LogP contribution in [0.4, 0.5) is 17.2 Å². The fraction of sp³-hybridized carbons (Fsp3) is 0.444. The van der Waals surface area contributed by atoms with Crippen molar-refractivity contribution in [2.45, 2.75) is 37.1 Å².